The molecule has 2 N–H and O–H groups in total. The Morgan fingerprint density at radius 1 is 1.50 bits per heavy atom. The van der Waals surface area contributed by atoms with Gasteiger partial charge in [-0.25, -0.2) is 9.97 Å². The van der Waals surface area contributed by atoms with Gasteiger partial charge in [0.15, 0.2) is 0 Å². The molecule has 0 bridgehead atoms. The van der Waals surface area contributed by atoms with Gasteiger partial charge in [0.2, 0.25) is 0 Å². The molecule has 90 valence electrons. The van der Waals surface area contributed by atoms with Crippen LogP contribution in [-0.2, 0) is 6.42 Å². The van der Waals surface area contributed by atoms with Crippen LogP contribution in [-0.4, -0.2) is 30.1 Å². The van der Waals surface area contributed by atoms with Crippen LogP contribution in [0.5, 0.6) is 0 Å². The van der Waals surface area contributed by atoms with Gasteiger partial charge in [0, 0.05) is 18.8 Å². The first kappa shape index (κ1) is 13.2. The normalized spacial score (nSPS) is 19.9. The zero-order valence-corrected chi connectivity index (χ0v) is 10.4. The van der Waals surface area contributed by atoms with Crippen molar-refractivity contribution in [3.05, 3.63) is 18.1 Å². The molecule has 0 saturated carbocycles. The van der Waals surface area contributed by atoms with Crippen molar-refractivity contribution in [2.75, 3.05) is 25.5 Å². The number of nitrogens with one attached hydrogen (secondary N) is 2. The monoisotopic (exact) mass is 242 g/mol. The topological polar surface area (TPSA) is 49.8 Å². The zero-order chi connectivity index (χ0) is 10.5. The number of nitrogens with zero attached hydrogens (tertiary/aromatic N) is 2. The molecule has 16 heavy (non-hydrogen) atoms. The van der Waals surface area contributed by atoms with Gasteiger partial charge in [-0.1, -0.05) is 0 Å². The summed E-state index contributed by atoms with van der Waals surface area (Å²) in [6, 6.07) is 2.04. The van der Waals surface area contributed by atoms with E-state index in [0.29, 0.717) is 0 Å². The summed E-state index contributed by atoms with van der Waals surface area (Å²) in [6.45, 7) is 2.29. The van der Waals surface area contributed by atoms with Gasteiger partial charge < -0.3 is 10.6 Å². The summed E-state index contributed by atoms with van der Waals surface area (Å²) in [5.74, 6) is 1.64. The fourth-order valence-corrected chi connectivity index (χ4v) is 2.04. The summed E-state index contributed by atoms with van der Waals surface area (Å²) in [7, 11) is 1.88. The molecule has 0 aliphatic carbocycles. The maximum absolute atomic E-state index is 4.30. The average molecular weight is 243 g/mol. The highest BCUT2D eigenvalue weighted by Gasteiger charge is 2.14. The highest BCUT2D eigenvalue weighted by molar-refractivity contribution is 5.85. The van der Waals surface area contributed by atoms with E-state index >= 15 is 0 Å². The molecule has 0 radical (unpaired) electrons. The summed E-state index contributed by atoms with van der Waals surface area (Å²) in [5, 5.41) is 6.46. The molecule has 0 spiro atoms. The predicted octanol–water partition coefficient (Wildman–Crippen LogP) is 1.48. The number of rotatable bonds is 3. The largest absolute Gasteiger partial charge is 0.373 e. The van der Waals surface area contributed by atoms with Crippen molar-refractivity contribution in [3.8, 4) is 0 Å². The summed E-state index contributed by atoms with van der Waals surface area (Å²) in [6.07, 6.45) is 5.29. The maximum Gasteiger partial charge on any atom is 0.129 e. The van der Waals surface area contributed by atoms with E-state index in [1.807, 2.05) is 13.1 Å². The fourth-order valence-electron chi connectivity index (χ4n) is 2.04. The molecular formula is C11H19ClN4. The van der Waals surface area contributed by atoms with Crippen LogP contribution in [0.4, 0.5) is 5.82 Å². The Balaban J connectivity index is 0.00000128. The number of piperidine rings is 1. The molecule has 0 amide bonds. The molecular weight excluding hydrogens is 224 g/mol. The van der Waals surface area contributed by atoms with Gasteiger partial charge in [0.05, 0.1) is 0 Å². The Morgan fingerprint density at radius 3 is 3.06 bits per heavy atom. The van der Waals surface area contributed by atoms with Crippen LogP contribution in [0.1, 0.15) is 18.5 Å². The van der Waals surface area contributed by atoms with Crippen molar-refractivity contribution in [2.45, 2.75) is 19.3 Å². The number of hydrogen-bond acceptors (Lipinski definition) is 4. The summed E-state index contributed by atoms with van der Waals surface area (Å²) in [5.41, 5.74) is 1.14. The number of aromatic nitrogens is 2. The van der Waals surface area contributed by atoms with Crippen molar-refractivity contribution in [1.29, 1.82) is 0 Å². The SMILES string of the molecule is CNc1cc(CC2CCCNC2)ncn1.Cl. The highest BCUT2D eigenvalue weighted by Crippen LogP contribution is 2.15. The molecule has 4 nitrogen and oxygen atoms in total. The standard InChI is InChI=1S/C11H18N4.ClH/c1-12-11-6-10(14-8-15-11)5-9-3-2-4-13-7-9;/h6,8-9,13H,2-5,7H2,1H3,(H,12,14,15);1H. The van der Waals surface area contributed by atoms with E-state index < -0.39 is 0 Å². The van der Waals surface area contributed by atoms with Crippen LogP contribution in [0.15, 0.2) is 12.4 Å². The molecule has 1 unspecified atom stereocenters. The predicted molar refractivity (Wildman–Crippen MR) is 68.1 cm³/mol. The molecule has 1 aromatic heterocycles. The summed E-state index contributed by atoms with van der Waals surface area (Å²) < 4.78 is 0. The lowest BCUT2D eigenvalue weighted by Crippen LogP contribution is -2.31. The zero-order valence-electron chi connectivity index (χ0n) is 9.57. The number of halogens is 1. The van der Waals surface area contributed by atoms with Crippen molar-refractivity contribution in [2.24, 2.45) is 5.92 Å². The first-order valence-corrected chi connectivity index (χ1v) is 5.58. The Kier molecular flexibility index (Phi) is 5.49. The van der Waals surface area contributed by atoms with Crippen LogP contribution in [0.2, 0.25) is 0 Å². The maximum atomic E-state index is 4.30. The Hall–Kier alpha value is -0.870. The summed E-state index contributed by atoms with van der Waals surface area (Å²) >= 11 is 0. The molecule has 1 aliphatic rings. The quantitative estimate of drug-likeness (QED) is 0.843. The fraction of sp³-hybridized carbons (Fsp3) is 0.636. The molecule has 1 aliphatic heterocycles. The number of hydrogen-bond donors (Lipinski definition) is 2. The van der Waals surface area contributed by atoms with Crippen molar-refractivity contribution < 1.29 is 0 Å². The highest BCUT2D eigenvalue weighted by atomic mass is 35.5. The smallest absolute Gasteiger partial charge is 0.129 e. The second-order valence-corrected chi connectivity index (χ2v) is 4.06. The van der Waals surface area contributed by atoms with Crippen LogP contribution in [0.3, 0.4) is 0 Å². The van der Waals surface area contributed by atoms with E-state index in [1.165, 1.54) is 19.4 Å². The Morgan fingerprint density at radius 2 is 2.38 bits per heavy atom. The third-order valence-electron chi connectivity index (χ3n) is 2.88. The van der Waals surface area contributed by atoms with Gasteiger partial charge in [0.1, 0.15) is 12.1 Å². The molecule has 1 atom stereocenters. The van der Waals surface area contributed by atoms with Crippen molar-refractivity contribution in [1.82, 2.24) is 15.3 Å². The third-order valence-corrected chi connectivity index (χ3v) is 2.88. The van der Waals surface area contributed by atoms with Gasteiger partial charge in [-0.15, -0.1) is 12.4 Å². The van der Waals surface area contributed by atoms with Gasteiger partial charge in [-0.2, -0.15) is 0 Å². The minimum absolute atomic E-state index is 0. The molecule has 0 aromatic carbocycles. The Bertz CT molecular complexity index is 313. The third kappa shape index (κ3) is 3.61. The van der Waals surface area contributed by atoms with E-state index in [2.05, 4.69) is 20.6 Å². The van der Waals surface area contributed by atoms with Gasteiger partial charge in [0.25, 0.3) is 0 Å². The van der Waals surface area contributed by atoms with Crippen LogP contribution < -0.4 is 10.6 Å². The molecule has 2 heterocycles. The minimum atomic E-state index is 0. The summed E-state index contributed by atoms with van der Waals surface area (Å²) in [4.78, 5) is 8.42. The van der Waals surface area contributed by atoms with E-state index in [0.717, 1.165) is 30.4 Å². The van der Waals surface area contributed by atoms with Crippen LogP contribution in [0, 0.1) is 5.92 Å². The van der Waals surface area contributed by atoms with E-state index in [9.17, 15) is 0 Å². The lowest BCUT2D eigenvalue weighted by molar-refractivity contribution is 0.373. The van der Waals surface area contributed by atoms with Crippen LogP contribution >= 0.6 is 12.4 Å². The van der Waals surface area contributed by atoms with E-state index in [4.69, 9.17) is 0 Å². The molecule has 5 heteroatoms. The molecule has 1 saturated heterocycles. The second-order valence-electron chi connectivity index (χ2n) is 4.06. The Labute approximate surface area is 103 Å². The molecule has 1 aromatic rings. The average Bonchev–Trinajstić information content (AvgIpc) is 2.31. The van der Waals surface area contributed by atoms with E-state index in [-0.39, 0.29) is 12.4 Å². The number of anilines is 1. The lowest BCUT2D eigenvalue weighted by atomic mass is 9.94. The van der Waals surface area contributed by atoms with Crippen molar-refractivity contribution >= 4 is 18.2 Å². The first-order chi connectivity index (χ1) is 7.38. The minimum Gasteiger partial charge on any atom is -0.373 e. The second kappa shape index (κ2) is 6.66. The van der Waals surface area contributed by atoms with Crippen LogP contribution in [0.25, 0.3) is 0 Å². The first-order valence-electron chi connectivity index (χ1n) is 5.58. The molecule has 1 fully saturated rings. The van der Waals surface area contributed by atoms with Gasteiger partial charge in [-0.05, 0) is 38.3 Å². The van der Waals surface area contributed by atoms with Crippen molar-refractivity contribution in [3.63, 3.8) is 0 Å². The van der Waals surface area contributed by atoms with Gasteiger partial charge >= 0.3 is 0 Å². The van der Waals surface area contributed by atoms with Gasteiger partial charge in [-0.3, -0.25) is 0 Å². The molecule has 2 rings (SSSR count). The lowest BCUT2D eigenvalue weighted by Gasteiger charge is -2.22. The van der Waals surface area contributed by atoms with E-state index in [1.54, 1.807) is 6.33 Å².